The molecule has 4 heteroatoms. The van der Waals surface area contributed by atoms with Gasteiger partial charge in [0.2, 0.25) is 0 Å². The number of carbonyl (C=O) groups is 1. The second-order valence-corrected chi connectivity index (χ2v) is 5.72. The number of hydrogen-bond acceptors (Lipinski definition) is 3. The third-order valence-corrected chi connectivity index (χ3v) is 5.05. The van der Waals surface area contributed by atoms with Gasteiger partial charge in [-0.3, -0.25) is 4.79 Å². The highest BCUT2D eigenvalue weighted by molar-refractivity contribution is 5.77. The summed E-state index contributed by atoms with van der Waals surface area (Å²) in [6, 6.07) is 0. The van der Waals surface area contributed by atoms with Gasteiger partial charge >= 0.3 is 5.97 Å². The summed E-state index contributed by atoms with van der Waals surface area (Å²) in [7, 11) is 0. The molecule has 0 spiro atoms. The Kier molecular flexibility index (Phi) is 2.11. The highest BCUT2D eigenvalue weighted by atomic mass is 16.5. The molecule has 1 unspecified atom stereocenters. The van der Waals surface area contributed by atoms with Crippen LogP contribution in [0.4, 0.5) is 0 Å². The number of aliphatic carboxylic acids is 1. The quantitative estimate of drug-likeness (QED) is 0.738. The first-order chi connectivity index (χ1) is 7.58. The Balaban J connectivity index is 2.00. The van der Waals surface area contributed by atoms with E-state index in [1.54, 1.807) is 0 Å². The molecular formula is C12H18O4. The van der Waals surface area contributed by atoms with Gasteiger partial charge in [-0.1, -0.05) is 12.8 Å². The van der Waals surface area contributed by atoms with E-state index in [9.17, 15) is 15.0 Å². The second kappa shape index (κ2) is 3.20. The molecule has 4 rings (SSSR count). The van der Waals surface area contributed by atoms with E-state index in [-0.39, 0.29) is 19.1 Å². The molecule has 4 aliphatic rings. The smallest absolute Gasteiger partial charge is 0.313 e. The molecule has 0 amide bonds. The van der Waals surface area contributed by atoms with E-state index < -0.39 is 17.0 Å². The van der Waals surface area contributed by atoms with Crippen LogP contribution in [0.25, 0.3) is 0 Å². The molecule has 4 nitrogen and oxygen atoms in total. The molecule has 0 aromatic rings. The maximum absolute atomic E-state index is 11.7. The van der Waals surface area contributed by atoms with Gasteiger partial charge in [-0.25, -0.2) is 0 Å². The summed E-state index contributed by atoms with van der Waals surface area (Å²) in [5, 5.41) is 20.1. The Morgan fingerprint density at radius 1 is 1.19 bits per heavy atom. The molecule has 1 atom stereocenters. The molecule has 0 aromatic carbocycles. The SMILES string of the molecule is O=C(O)C1(C2(O)COC2)CC2CCC1CC2. The van der Waals surface area contributed by atoms with Crippen LogP contribution in [0.1, 0.15) is 32.1 Å². The van der Waals surface area contributed by atoms with Gasteiger partial charge < -0.3 is 14.9 Å². The summed E-state index contributed by atoms with van der Waals surface area (Å²) in [4.78, 5) is 11.7. The van der Waals surface area contributed by atoms with Gasteiger partial charge in [-0.15, -0.1) is 0 Å². The van der Waals surface area contributed by atoms with Crippen LogP contribution in [-0.2, 0) is 9.53 Å². The lowest BCUT2D eigenvalue weighted by atomic mass is 9.49. The third-order valence-electron chi connectivity index (χ3n) is 5.05. The Hall–Kier alpha value is -0.610. The zero-order chi connectivity index (χ0) is 11.4. The molecule has 3 aliphatic carbocycles. The van der Waals surface area contributed by atoms with Crippen LogP contribution in [0, 0.1) is 17.3 Å². The minimum Gasteiger partial charge on any atom is -0.481 e. The summed E-state index contributed by atoms with van der Waals surface area (Å²) in [5.41, 5.74) is -2.03. The van der Waals surface area contributed by atoms with E-state index in [4.69, 9.17) is 4.74 Å². The number of hydrogen-bond donors (Lipinski definition) is 2. The van der Waals surface area contributed by atoms with Gasteiger partial charge in [0.05, 0.1) is 13.2 Å². The zero-order valence-corrected chi connectivity index (χ0v) is 9.32. The number of carboxylic acids is 1. The fourth-order valence-corrected chi connectivity index (χ4v) is 4.07. The highest BCUT2D eigenvalue weighted by Crippen LogP contribution is 2.59. The Morgan fingerprint density at radius 2 is 1.81 bits per heavy atom. The molecule has 90 valence electrons. The lowest BCUT2D eigenvalue weighted by Gasteiger charge is -2.58. The average molecular weight is 226 g/mol. The minimum atomic E-state index is -1.11. The topological polar surface area (TPSA) is 66.8 Å². The molecule has 4 fully saturated rings. The Morgan fingerprint density at radius 3 is 2.12 bits per heavy atom. The van der Waals surface area contributed by atoms with Gasteiger partial charge in [0.25, 0.3) is 0 Å². The largest absolute Gasteiger partial charge is 0.481 e. The maximum atomic E-state index is 11.7. The zero-order valence-electron chi connectivity index (χ0n) is 9.32. The van der Waals surface area contributed by atoms with Crippen molar-refractivity contribution in [3.05, 3.63) is 0 Å². The normalized spacial score (nSPS) is 45.1. The van der Waals surface area contributed by atoms with Crippen LogP contribution < -0.4 is 0 Å². The van der Waals surface area contributed by atoms with Crippen molar-refractivity contribution in [1.82, 2.24) is 0 Å². The van der Waals surface area contributed by atoms with E-state index in [0.717, 1.165) is 25.7 Å². The predicted molar refractivity (Wildman–Crippen MR) is 55.9 cm³/mol. The first-order valence-corrected chi connectivity index (χ1v) is 6.12. The van der Waals surface area contributed by atoms with Crippen molar-refractivity contribution in [2.75, 3.05) is 13.2 Å². The van der Waals surface area contributed by atoms with Gasteiger partial charge in [0.1, 0.15) is 11.0 Å². The molecule has 1 aliphatic heterocycles. The van der Waals surface area contributed by atoms with Crippen LogP contribution >= 0.6 is 0 Å². The molecule has 3 saturated carbocycles. The third kappa shape index (κ3) is 1.09. The Bertz CT molecular complexity index is 315. The van der Waals surface area contributed by atoms with Crippen molar-refractivity contribution in [1.29, 1.82) is 0 Å². The molecule has 2 N–H and O–H groups in total. The summed E-state index contributed by atoms with van der Waals surface area (Å²) in [5.74, 6) is -0.178. The van der Waals surface area contributed by atoms with Crippen molar-refractivity contribution < 1.29 is 19.7 Å². The number of carboxylic acid groups (broad SMARTS) is 1. The van der Waals surface area contributed by atoms with Crippen LogP contribution in [0.2, 0.25) is 0 Å². The summed E-state index contributed by atoms with van der Waals surface area (Å²) in [6.07, 6.45) is 4.83. The number of ether oxygens (including phenoxy) is 1. The van der Waals surface area contributed by atoms with Crippen molar-refractivity contribution in [2.24, 2.45) is 17.3 Å². The number of rotatable bonds is 2. The van der Waals surface area contributed by atoms with Gasteiger partial charge in [0.15, 0.2) is 0 Å². The van der Waals surface area contributed by atoms with Crippen LogP contribution in [-0.4, -0.2) is 35.0 Å². The molecule has 2 bridgehead atoms. The van der Waals surface area contributed by atoms with Crippen molar-refractivity contribution in [3.63, 3.8) is 0 Å². The van der Waals surface area contributed by atoms with Crippen molar-refractivity contribution in [3.8, 4) is 0 Å². The second-order valence-electron chi connectivity index (χ2n) is 5.72. The number of fused-ring (bicyclic) bond motifs is 3. The van der Waals surface area contributed by atoms with E-state index in [1.807, 2.05) is 0 Å². The van der Waals surface area contributed by atoms with Gasteiger partial charge in [0, 0.05) is 0 Å². The minimum absolute atomic E-state index is 0.142. The van der Waals surface area contributed by atoms with E-state index in [1.165, 1.54) is 0 Å². The van der Waals surface area contributed by atoms with Gasteiger partial charge in [-0.2, -0.15) is 0 Å². The van der Waals surface area contributed by atoms with Crippen molar-refractivity contribution >= 4 is 5.97 Å². The van der Waals surface area contributed by atoms with Crippen LogP contribution in [0.5, 0.6) is 0 Å². The summed E-state index contributed by atoms with van der Waals surface area (Å²) >= 11 is 0. The van der Waals surface area contributed by atoms with Crippen molar-refractivity contribution in [2.45, 2.75) is 37.7 Å². The maximum Gasteiger partial charge on any atom is 0.313 e. The fraction of sp³-hybridized carbons (Fsp3) is 0.917. The number of aliphatic hydroxyl groups is 1. The molecule has 0 radical (unpaired) electrons. The van der Waals surface area contributed by atoms with Crippen LogP contribution in [0.15, 0.2) is 0 Å². The molecule has 1 saturated heterocycles. The lowest BCUT2D eigenvalue weighted by molar-refractivity contribution is -0.272. The molecule has 0 aromatic heterocycles. The molecule has 1 heterocycles. The first-order valence-electron chi connectivity index (χ1n) is 6.12. The van der Waals surface area contributed by atoms with E-state index in [0.29, 0.717) is 12.3 Å². The standard InChI is InChI=1S/C12H18O4/c13-10(14)12(11(15)6-16-7-11)5-8-1-3-9(12)4-2-8/h8-9,15H,1-7H2,(H,13,14). The summed E-state index contributed by atoms with van der Waals surface area (Å²) in [6.45, 7) is 0.394. The predicted octanol–water partition coefficient (Wildman–Crippen LogP) is 1.03. The summed E-state index contributed by atoms with van der Waals surface area (Å²) < 4.78 is 5.06. The van der Waals surface area contributed by atoms with Gasteiger partial charge in [-0.05, 0) is 31.1 Å². The molecular weight excluding hydrogens is 208 g/mol. The lowest BCUT2D eigenvalue weighted by Crippen LogP contribution is -2.69. The highest BCUT2D eigenvalue weighted by Gasteiger charge is 2.66. The van der Waals surface area contributed by atoms with E-state index >= 15 is 0 Å². The molecule has 16 heavy (non-hydrogen) atoms. The van der Waals surface area contributed by atoms with Crippen LogP contribution in [0.3, 0.4) is 0 Å². The Labute approximate surface area is 94.6 Å². The monoisotopic (exact) mass is 226 g/mol. The van der Waals surface area contributed by atoms with E-state index in [2.05, 4.69) is 0 Å². The average Bonchev–Trinajstić information content (AvgIpc) is 2.26. The fourth-order valence-electron chi connectivity index (χ4n) is 4.07. The first kappa shape index (κ1) is 10.5.